The zero-order chi connectivity index (χ0) is 11.0. The van der Waals surface area contributed by atoms with E-state index in [1.165, 1.54) is 14.2 Å². The Hall–Kier alpha value is -1.40. The molecule has 2 rings (SSSR count). The van der Waals surface area contributed by atoms with Crippen LogP contribution in [0.1, 0.15) is 0 Å². The summed E-state index contributed by atoms with van der Waals surface area (Å²) in [7, 11) is 2.97. The summed E-state index contributed by atoms with van der Waals surface area (Å²) in [6.45, 7) is 0.102. The van der Waals surface area contributed by atoms with Gasteiger partial charge < -0.3 is 30.4 Å². The molecule has 98 valence electrons. The number of benzene rings is 1. The Balaban J connectivity index is 0.00000128. The molecule has 1 heterocycles. The first kappa shape index (κ1) is 15.6. The van der Waals surface area contributed by atoms with E-state index in [2.05, 4.69) is 0 Å². The van der Waals surface area contributed by atoms with E-state index in [-0.39, 0.29) is 31.6 Å². The van der Waals surface area contributed by atoms with Gasteiger partial charge >= 0.3 is 0 Å². The summed E-state index contributed by atoms with van der Waals surface area (Å²) in [6, 6.07) is 0. The molecule has 8 heteroatoms. The van der Waals surface area contributed by atoms with Gasteiger partial charge in [0, 0.05) is 0 Å². The monoisotopic (exact) mass is 284 g/mol. The number of halogens is 2. The third-order valence-electron chi connectivity index (χ3n) is 2.21. The van der Waals surface area contributed by atoms with Crippen molar-refractivity contribution in [3.8, 4) is 23.0 Å². The van der Waals surface area contributed by atoms with Crippen LogP contribution in [0.5, 0.6) is 23.0 Å². The Morgan fingerprint density at radius 1 is 0.882 bits per heavy atom. The maximum Gasteiger partial charge on any atom is 0.231 e. The molecule has 0 bridgehead atoms. The molecule has 0 saturated heterocycles. The summed E-state index contributed by atoms with van der Waals surface area (Å²) in [6.07, 6.45) is 0. The molecule has 0 aliphatic carbocycles. The van der Waals surface area contributed by atoms with Gasteiger partial charge in [-0.1, -0.05) is 0 Å². The minimum atomic E-state index is 0. The molecular formula is C9H14Cl2N2O4. The van der Waals surface area contributed by atoms with Gasteiger partial charge in [-0.05, 0) is 0 Å². The van der Waals surface area contributed by atoms with Crippen LogP contribution in [0.25, 0.3) is 0 Å². The van der Waals surface area contributed by atoms with Gasteiger partial charge in [-0.25, -0.2) is 0 Å². The number of rotatable bonds is 2. The molecule has 0 saturated carbocycles. The maximum absolute atomic E-state index is 5.78. The van der Waals surface area contributed by atoms with Gasteiger partial charge in [-0.3, -0.25) is 0 Å². The van der Waals surface area contributed by atoms with Crippen molar-refractivity contribution in [1.82, 2.24) is 0 Å². The van der Waals surface area contributed by atoms with Crippen LogP contribution in [0, 0.1) is 0 Å². The lowest BCUT2D eigenvalue weighted by atomic mass is 10.2. The molecule has 4 N–H and O–H groups in total. The second-order valence-corrected chi connectivity index (χ2v) is 2.96. The summed E-state index contributed by atoms with van der Waals surface area (Å²) in [5.74, 6) is 1.61. The normalized spacial score (nSPS) is 11.2. The lowest BCUT2D eigenvalue weighted by molar-refractivity contribution is 0.169. The van der Waals surface area contributed by atoms with E-state index in [1.54, 1.807) is 0 Å². The van der Waals surface area contributed by atoms with E-state index in [1.807, 2.05) is 0 Å². The standard InChI is InChI=1S/C9H12N2O4.2ClH/c1-12-6-4(10)5(11)7(13-2)9-8(6)14-3-15-9;;/h3,10-11H2,1-2H3;2*1H. The Labute approximate surface area is 111 Å². The molecule has 17 heavy (non-hydrogen) atoms. The Bertz CT molecular complexity index is 378. The van der Waals surface area contributed by atoms with Gasteiger partial charge in [-0.2, -0.15) is 0 Å². The summed E-state index contributed by atoms with van der Waals surface area (Å²) in [5, 5.41) is 0. The number of ether oxygens (including phenoxy) is 4. The van der Waals surface area contributed by atoms with Crippen LogP contribution in [0.2, 0.25) is 0 Å². The fraction of sp³-hybridized carbons (Fsp3) is 0.333. The number of methoxy groups -OCH3 is 2. The third kappa shape index (κ3) is 2.18. The largest absolute Gasteiger partial charge is 0.491 e. The number of fused-ring (bicyclic) bond motifs is 1. The first-order valence-corrected chi connectivity index (χ1v) is 4.29. The molecular weight excluding hydrogens is 271 g/mol. The fourth-order valence-electron chi connectivity index (χ4n) is 1.51. The molecule has 1 aromatic rings. The summed E-state index contributed by atoms with van der Waals surface area (Å²) in [5.41, 5.74) is 12.1. The predicted molar refractivity (Wildman–Crippen MR) is 69.0 cm³/mol. The minimum Gasteiger partial charge on any atom is -0.491 e. The molecule has 6 nitrogen and oxygen atoms in total. The molecule has 1 aliphatic rings. The molecule has 0 spiro atoms. The zero-order valence-electron chi connectivity index (χ0n) is 9.31. The SMILES string of the molecule is COc1c(N)c(N)c(OC)c2c1OCO2.Cl.Cl. The zero-order valence-corrected chi connectivity index (χ0v) is 10.9. The minimum absolute atomic E-state index is 0. The second-order valence-electron chi connectivity index (χ2n) is 2.96. The van der Waals surface area contributed by atoms with E-state index in [9.17, 15) is 0 Å². The topological polar surface area (TPSA) is 89.0 Å². The van der Waals surface area contributed by atoms with Crippen LogP contribution >= 0.6 is 24.8 Å². The van der Waals surface area contributed by atoms with Gasteiger partial charge in [-0.15, -0.1) is 24.8 Å². The van der Waals surface area contributed by atoms with E-state index in [0.717, 1.165) is 0 Å². The highest BCUT2D eigenvalue weighted by atomic mass is 35.5. The van der Waals surface area contributed by atoms with Crippen LogP contribution in [0.3, 0.4) is 0 Å². The highest BCUT2D eigenvalue weighted by Gasteiger charge is 2.29. The van der Waals surface area contributed by atoms with Crippen molar-refractivity contribution in [2.24, 2.45) is 0 Å². The summed E-state index contributed by atoms with van der Waals surface area (Å²) >= 11 is 0. The summed E-state index contributed by atoms with van der Waals surface area (Å²) in [4.78, 5) is 0. The van der Waals surface area contributed by atoms with Crippen molar-refractivity contribution in [2.75, 3.05) is 32.5 Å². The average molecular weight is 285 g/mol. The molecule has 1 aromatic carbocycles. The highest BCUT2D eigenvalue weighted by Crippen LogP contribution is 2.54. The number of anilines is 2. The van der Waals surface area contributed by atoms with E-state index in [0.29, 0.717) is 34.4 Å². The van der Waals surface area contributed by atoms with Crippen molar-refractivity contribution >= 4 is 36.2 Å². The number of hydrogen-bond acceptors (Lipinski definition) is 6. The van der Waals surface area contributed by atoms with Crippen LogP contribution in [-0.2, 0) is 0 Å². The number of nitrogen functional groups attached to an aromatic ring is 2. The highest BCUT2D eigenvalue weighted by molar-refractivity contribution is 5.86. The Kier molecular flexibility index (Phi) is 5.31. The second kappa shape index (κ2) is 5.79. The first-order valence-electron chi connectivity index (χ1n) is 4.29. The molecule has 0 radical (unpaired) electrons. The third-order valence-corrected chi connectivity index (χ3v) is 2.21. The Morgan fingerprint density at radius 3 is 1.53 bits per heavy atom. The molecule has 0 atom stereocenters. The Morgan fingerprint density at radius 2 is 1.24 bits per heavy atom. The lowest BCUT2D eigenvalue weighted by Gasteiger charge is -2.14. The first-order chi connectivity index (χ1) is 7.20. The van der Waals surface area contributed by atoms with E-state index < -0.39 is 0 Å². The van der Waals surface area contributed by atoms with Crippen molar-refractivity contribution in [3.63, 3.8) is 0 Å². The van der Waals surface area contributed by atoms with Crippen molar-refractivity contribution < 1.29 is 18.9 Å². The van der Waals surface area contributed by atoms with Crippen LogP contribution in [0.4, 0.5) is 11.4 Å². The molecule has 1 aliphatic heterocycles. The number of hydrogen-bond donors (Lipinski definition) is 2. The van der Waals surface area contributed by atoms with Crippen molar-refractivity contribution in [1.29, 1.82) is 0 Å². The molecule has 0 fully saturated rings. The van der Waals surface area contributed by atoms with E-state index in [4.69, 9.17) is 30.4 Å². The van der Waals surface area contributed by atoms with Gasteiger partial charge in [0.2, 0.25) is 18.3 Å². The van der Waals surface area contributed by atoms with E-state index >= 15 is 0 Å². The molecule has 0 amide bonds. The van der Waals surface area contributed by atoms with Gasteiger partial charge in [0.15, 0.2) is 11.5 Å². The van der Waals surface area contributed by atoms with Crippen molar-refractivity contribution in [2.45, 2.75) is 0 Å². The van der Waals surface area contributed by atoms with Gasteiger partial charge in [0.25, 0.3) is 0 Å². The lowest BCUT2D eigenvalue weighted by Crippen LogP contribution is -2.02. The molecule has 0 aromatic heterocycles. The van der Waals surface area contributed by atoms with Crippen LogP contribution in [-0.4, -0.2) is 21.0 Å². The van der Waals surface area contributed by atoms with Crippen molar-refractivity contribution in [3.05, 3.63) is 0 Å². The smallest absolute Gasteiger partial charge is 0.231 e. The predicted octanol–water partition coefficient (Wildman–Crippen LogP) is 1.44. The quantitative estimate of drug-likeness (QED) is 0.799. The van der Waals surface area contributed by atoms with Gasteiger partial charge in [0.05, 0.1) is 14.2 Å². The fourth-order valence-corrected chi connectivity index (χ4v) is 1.51. The van der Waals surface area contributed by atoms with Crippen LogP contribution < -0.4 is 30.4 Å². The average Bonchev–Trinajstić information content (AvgIpc) is 2.69. The number of nitrogens with two attached hydrogens (primary N) is 2. The van der Waals surface area contributed by atoms with Gasteiger partial charge in [0.1, 0.15) is 11.4 Å². The van der Waals surface area contributed by atoms with Crippen LogP contribution in [0.15, 0.2) is 0 Å². The summed E-state index contributed by atoms with van der Waals surface area (Å²) < 4.78 is 20.7. The molecule has 0 unspecified atom stereocenters. The maximum atomic E-state index is 5.78.